The summed E-state index contributed by atoms with van der Waals surface area (Å²) in [6, 6.07) is 3.99. The van der Waals surface area contributed by atoms with Crippen LogP contribution < -0.4 is 0 Å². The highest BCUT2D eigenvalue weighted by Crippen LogP contribution is 2.24. The van der Waals surface area contributed by atoms with Gasteiger partial charge < -0.3 is 0 Å². The molecule has 2 heterocycles. The molecule has 0 aromatic carbocycles. The van der Waals surface area contributed by atoms with E-state index in [-0.39, 0.29) is 0 Å². The Morgan fingerprint density at radius 3 is 2.25 bits per heavy atom. The maximum absolute atomic E-state index is 3.05. The van der Waals surface area contributed by atoms with Gasteiger partial charge >= 0.3 is 0 Å². The van der Waals surface area contributed by atoms with Crippen molar-refractivity contribution in [1.82, 2.24) is 0 Å². The van der Waals surface area contributed by atoms with Crippen LogP contribution >= 0.6 is 22.7 Å². The summed E-state index contributed by atoms with van der Waals surface area (Å²) < 4.78 is 1.32. The molecule has 0 N–H and O–H groups in total. The topological polar surface area (TPSA) is 0 Å². The molecule has 0 unspecified atom stereocenters. The van der Waals surface area contributed by atoms with Crippen LogP contribution in [0.15, 0.2) is 12.1 Å². The molecule has 0 aliphatic carbocycles. The molecule has 0 atom stereocenters. The van der Waals surface area contributed by atoms with E-state index < -0.39 is 0 Å². The summed E-state index contributed by atoms with van der Waals surface area (Å²) in [4.78, 5) is 0. The predicted octanol–water partition coefficient (Wildman–Crippen LogP) is 2.56. The van der Waals surface area contributed by atoms with Gasteiger partial charge in [-0.1, -0.05) is 0 Å². The number of rotatable bonds is 0. The van der Waals surface area contributed by atoms with Crippen LogP contribution in [0.5, 0.6) is 0 Å². The van der Waals surface area contributed by atoms with Crippen LogP contribution in [0.4, 0.5) is 0 Å². The van der Waals surface area contributed by atoms with Crippen molar-refractivity contribution in [2.75, 3.05) is 0 Å². The van der Waals surface area contributed by atoms with Crippen LogP contribution in [-0.4, -0.2) is 0 Å². The Morgan fingerprint density at radius 2 is 1.75 bits per heavy atom. The van der Waals surface area contributed by atoms with Crippen molar-refractivity contribution in [3.05, 3.63) is 22.9 Å². The van der Waals surface area contributed by atoms with Gasteiger partial charge in [0, 0.05) is 16.1 Å². The Kier molecular flexibility index (Phi) is 0.889. The fourth-order valence-corrected chi connectivity index (χ4v) is 2.10. The lowest BCUT2D eigenvalue weighted by atomic mass is 10.4. The van der Waals surface area contributed by atoms with Crippen LogP contribution in [0.2, 0.25) is 0 Å². The molecule has 0 aliphatic rings. The Bertz CT molecular complexity index is 228. The summed E-state index contributed by atoms with van der Waals surface area (Å²) in [5, 5.41) is 7.38. The van der Waals surface area contributed by atoms with Crippen LogP contribution in [-0.2, 0) is 0 Å². The Hall–Kier alpha value is -0.340. The zero-order chi connectivity index (χ0) is 5.40. The normalized spacial score (nSPS) is 10.5. The van der Waals surface area contributed by atoms with Crippen molar-refractivity contribution in [2.45, 2.75) is 0 Å². The molecule has 2 heteroatoms. The van der Waals surface area contributed by atoms with Gasteiger partial charge in [-0.2, -0.15) is 0 Å². The maximum atomic E-state index is 3.05. The molecule has 0 fully saturated rings. The first-order valence-electron chi connectivity index (χ1n) is 2.22. The summed E-state index contributed by atoms with van der Waals surface area (Å²) in [7, 11) is 0. The lowest BCUT2D eigenvalue weighted by Crippen LogP contribution is -1.37. The van der Waals surface area contributed by atoms with Crippen LogP contribution in [0, 0.1) is 10.8 Å². The van der Waals surface area contributed by atoms with Gasteiger partial charge in [-0.25, -0.2) is 0 Å². The van der Waals surface area contributed by atoms with Crippen molar-refractivity contribution < 1.29 is 0 Å². The molecule has 0 saturated heterocycles. The smallest absolute Gasteiger partial charge is 0.0878 e. The molecular formula is C6H2S2. The standard InChI is InChI=1S/C6H2S2/c1-3-7-6-5(1)2-4-8-6/h1-2H. The van der Waals surface area contributed by atoms with Gasteiger partial charge in [-0.3, -0.25) is 0 Å². The van der Waals surface area contributed by atoms with E-state index in [4.69, 9.17) is 0 Å². The van der Waals surface area contributed by atoms with E-state index >= 15 is 0 Å². The van der Waals surface area contributed by atoms with E-state index in [9.17, 15) is 0 Å². The number of thiophene rings is 2. The summed E-state index contributed by atoms with van der Waals surface area (Å²) in [6.45, 7) is 0. The zero-order valence-electron chi connectivity index (χ0n) is 3.97. The predicted molar refractivity (Wildman–Crippen MR) is 37.4 cm³/mol. The fraction of sp³-hybridized carbons (Fsp3) is 0. The Balaban J connectivity index is 3.06. The largest absolute Gasteiger partial charge is 0.123 e. The molecule has 8 heavy (non-hydrogen) atoms. The minimum absolute atomic E-state index is 1.28. The molecule has 0 amide bonds. The van der Waals surface area contributed by atoms with E-state index in [1.807, 2.05) is 12.1 Å². The molecule has 0 bridgehead atoms. The molecule has 0 aliphatic heterocycles. The van der Waals surface area contributed by atoms with Crippen molar-refractivity contribution in [1.29, 1.82) is 0 Å². The highest BCUT2D eigenvalue weighted by Gasteiger charge is 1.91. The quantitative estimate of drug-likeness (QED) is 0.525. The molecule has 2 rings (SSSR count). The second-order valence-electron chi connectivity index (χ2n) is 1.47. The molecule has 0 spiro atoms. The van der Waals surface area contributed by atoms with E-state index in [2.05, 4.69) is 10.8 Å². The van der Waals surface area contributed by atoms with Crippen LogP contribution in [0.1, 0.15) is 0 Å². The molecule has 2 radical (unpaired) electrons. The first-order valence-corrected chi connectivity index (χ1v) is 3.85. The maximum Gasteiger partial charge on any atom is 0.0878 e. The Labute approximate surface area is 55.4 Å². The van der Waals surface area contributed by atoms with Crippen molar-refractivity contribution in [3.63, 3.8) is 0 Å². The third-order valence-electron chi connectivity index (χ3n) is 0.968. The highest BCUT2D eigenvalue weighted by atomic mass is 32.2. The molecular weight excluding hydrogens is 136 g/mol. The summed E-state index contributed by atoms with van der Waals surface area (Å²) >= 11 is 3.31. The van der Waals surface area contributed by atoms with Crippen LogP contribution in [0.3, 0.4) is 0 Å². The van der Waals surface area contributed by atoms with Crippen molar-refractivity contribution in [2.24, 2.45) is 0 Å². The van der Waals surface area contributed by atoms with E-state index in [1.165, 1.54) is 9.40 Å². The lowest BCUT2D eigenvalue weighted by molar-refractivity contribution is 2.07. The summed E-state index contributed by atoms with van der Waals surface area (Å²) in [5.74, 6) is 0. The monoisotopic (exact) mass is 138 g/mol. The zero-order valence-corrected chi connectivity index (χ0v) is 5.60. The van der Waals surface area contributed by atoms with Crippen LogP contribution in [0.25, 0.3) is 9.40 Å². The fourth-order valence-electron chi connectivity index (χ4n) is 0.591. The molecule has 0 nitrogen and oxygen atoms in total. The third-order valence-corrected chi connectivity index (χ3v) is 2.78. The molecule has 2 aromatic heterocycles. The van der Waals surface area contributed by atoms with Gasteiger partial charge in [0.15, 0.2) is 0 Å². The molecule has 0 saturated carbocycles. The van der Waals surface area contributed by atoms with Gasteiger partial charge in [0.25, 0.3) is 0 Å². The summed E-state index contributed by atoms with van der Waals surface area (Å²) in [5.41, 5.74) is 0. The number of hydrogen-bond acceptors (Lipinski definition) is 2. The van der Waals surface area contributed by atoms with Gasteiger partial charge in [0.05, 0.1) is 4.01 Å². The van der Waals surface area contributed by atoms with E-state index in [0.717, 1.165) is 0 Å². The lowest BCUT2D eigenvalue weighted by Gasteiger charge is -1.63. The van der Waals surface area contributed by atoms with Gasteiger partial charge in [0.1, 0.15) is 0 Å². The second kappa shape index (κ2) is 1.57. The van der Waals surface area contributed by atoms with Crippen molar-refractivity contribution in [3.8, 4) is 0 Å². The van der Waals surface area contributed by atoms with Crippen molar-refractivity contribution >= 4 is 32.1 Å². The van der Waals surface area contributed by atoms with Gasteiger partial charge in [0.2, 0.25) is 0 Å². The highest BCUT2D eigenvalue weighted by molar-refractivity contribution is 7.36. The number of hydrogen-bond donors (Lipinski definition) is 0. The second-order valence-corrected chi connectivity index (χ2v) is 3.43. The third kappa shape index (κ3) is 0.501. The average Bonchev–Trinajstić information content (AvgIpc) is 2.15. The summed E-state index contributed by atoms with van der Waals surface area (Å²) in [6.07, 6.45) is 0. The van der Waals surface area contributed by atoms with E-state index in [0.29, 0.717) is 0 Å². The molecule has 38 valence electrons. The Morgan fingerprint density at radius 1 is 1.12 bits per heavy atom. The first kappa shape index (κ1) is 4.53. The molecule has 2 aromatic rings. The average molecular weight is 138 g/mol. The number of fused-ring (bicyclic) bond motifs is 1. The minimum atomic E-state index is 1.28. The minimum Gasteiger partial charge on any atom is -0.123 e. The van der Waals surface area contributed by atoms with Gasteiger partial charge in [-0.15, -0.1) is 22.7 Å². The van der Waals surface area contributed by atoms with Gasteiger partial charge in [-0.05, 0) is 12.1 Å². The SMILES string of the molecule is [c]1cc2c[c]sc2s1. The van der Waals surface area contributed by atoms with E-state index in [1.54, 1.807) is 22.7 Å². The first-order chi connectivity index (χ1) is 3.97.